The van der Waals surface area contributed by atoms with Crippen molar-refractivity contribution in [2.75, 3.05) is 7.05 Å². The summed E-state index contributed by atoms with van der Waals surface area (Å²) in [5, 5.41) is 18.8. The molecule has 1 aromatic heterocycles. The van der Waals surface area contributed by atoms with Gasteiger partial charge >= 0.3 is 0 Å². The number of rotatable bonds is 6. The maximum atomic E-state index is 12.7. The fourth-order valence-corrected chi connectivity index (χ4v) is 3.56. The first-order valence-electron chi connectivity index (χ1n) is 7.47. The molecule has 0 fully saturated rings. The third-order valence-corrected chi connectivity index (χ3v) is 5.45. The summed E-state index contributed by atoms with van der Waals surface area (Å²) in [6.07, 6.45) is 0. The minimum Gasteiger partial charge on any atom is -0.419 e. The summed E-state index contributed by atoms with van der Waals surface area (Å²) in [4.78, 5) is 9.96. The second-order valence-corrected chi connectivity index (χ2v) is 7.37. The van der Waals surface area contributed by atoms with Crippen molar-refractivity contribution in [3.8, 4) is 11.5 Å². The molecule has 3 aromatic rings. The van der Waals surface area contributed by atoms with Crippen LogP contribution >= 0.6 is 0 Å². The van der Waals surface area contributed by atoms with Crippen molar-refractivity contribution >= 4 is 15.7 Å². The molecular formula is C16H14N4O5S. The Bertz CT molecular complexity index is 1030. The van der Waals surface area contributed by atoms with Gasteiger partial charge in [0.05, 0.1) is 11.5 Å². The van der Waals surface area contributed by atoms with Crippen molar-refractivity contribution in [2.24, 2.45) is 0 Å². The third-order valence-electron chi connectivity index (χ3n) is 3.60. The molecule has 9 nitrogen and oxygen atoms in total. The molecule has 10 heteroatoms. The molecule has 3 rings (SSSR count). The zero-order chi connectivity index (χ0) is 18.7. The maximum absolute atomic E-state index is 12.7. The van der Waals surface area contributed by atoms with Crippen molar-refractivity contribution in [3.05, 3.63) is 70.6 Å². The molecule has 0 aliphatic heterocycles. The standard InChI is InChI=1S/C16H14N4O5S/c1-19(26(23,24)14-10-6-5-9-13(14)20(21)22)11-15-17-18-16(25-15)12-7-3-2-4-8-12/h2-10H,11H2,1H3. The first kappa shape index (κ1) is 17.7. The van der Waals surface area contributed by atoms with Crippen molar-refractivity contribution in [2.45, 2.75) is 11.4 Å². The highest BCUT2D eigenvalue weighted by Gasteiger charge is 2.30. The lowest BCUT2D eigenvalue weighted by Crippen LogP contribution is -2.27. The molecule has 0 spiro atoms. The summed E-state index contributed by atoms with van der Waals surface area (Å²) >= 11 is 0. The van der Waals surface area contributed by atoms with Gasteiger partial charge in [-0.1, -0.05) is 30.3 Å². The van der Waals surface area contributed by atoms with E-state index in [-0.39, 0.29) is 18.3 Å². The Labute approximate surface area is 149 Å². The molecule has 0 amide bonds. The average molecular weight is 374 g/mol. The second kappa shape index (κ2) is 7.02. The number of nitro benzene ring substituents is 1. The minimum atomic E-state index is -4.10. The van der Waals surface area contributed by atoms with Crippen molar-refractivity contribution in [3.63, 3.8) is 0 Å². The van der Waals surface area contributed by atoms with Crippen LogP contribution in [0.15, 0.2) is 63.9 Å². The lowest BCUT2D eigenvalue weighted by atomic mass is 10.2. The molecule has 0 bridgehead atoms. The summed E-state index contributed by atoms with van der Waals surface area (Å²) in [6.45, 7) is -0.214. The number of nitro groups is 1. The number of nitrogens with zero attached hydrogens (tertiary/aromatic N) is 4. The first-order valence-corrected chi connectivity index (χ1v) is 8.91. The van der Waals surface area contributed by atoms with Gasteiger partial charge in [0.1, 0.15) is 0 Å². The number of sulfonamides is 1. The summed E-state index contributed by atoms with van der Waals surface area (Å²) < 4.78 is 31.8. The van der Waals surface area contributed by atoms with Gasteiger partial charge in [0, 0.05) is 18.7 Å². The van der Waals surface area contributed by atoms with E-state index in [0.29, 0.717) is 5.56 Å². The molecule has 1 heterocycles. The van der Waals surface area contributed by atoms with Crippen molar-refractivity contribution in [1.82, 2.24) is 14.5 Å². The topological polar surface area (TPSA) is 119 Å². The predicted octanol–water partition coefficient (Wildman–Crippen LogP) is 2.47. The lowest BCUT2D eigenvalue weighted by Gasteiger charge is -2.15. The SMILES string of the molecule is CN(Cc1nnc(-c2ccccc2)o1)S(=O)(=O)c1ccccc1[N+](=O)[O-]. The van der Waals surface area contributed by atoms with Gasteiger partial charge < -0.3 is 4.42 Å². The van der Waals surface area contributed by atoms with Crippen LogP contribution in [0.4, 0.5) is 5.69 Å². The van der Waals surface area contributed by atoms with Gasteiger partial charge in [-0.15, -0.1) is 10.2 Å². The molecule has 0 saturated carbocycles. The van der Waals surface area contributed by atoms with Crippen LogP contribution in [-0.2, 0) is 16.6 Å². The molecule has 0 radical (unpaired) electrons. The van der Waals surface area contributed by atoms with Gasteiger partial charge in [-0.3, -0.25) is 10.1 Å². The predicted molar refractivity (Wildman–Crippen MR) is 91.5 cm³/mol. The van der Waals surface area contributed by atoms with Gasteiger partial charge in [0.2, 0.25) is 21.8 Å². The largest absolute Gasteiger partial charge is 0.419 e. The fraction of sp³-hybridized carbons (Fsp3) is 0.125. The Balaban J connectivity index is 1.85. The summed E-state index contributed by atoms with van der Waals surface area (Å²) in [6, 6.07) is 14.2. The zero-order valence-corrected chi connectivity index (χ0v) is 14.5. The Morgan fingerprint density at radius 2 is 1.73 bits per heavy atom. The highest BCUT2D eigenvalue weighted by atomic mass is 32.2. The highest BCUT2D eigenvalue weighted by molar-refractivity contribution is 7.89. The number of hydrogen-bond donors (Lipinski definition) is 0. The van der Waals surface area contributed by atoms with E-state index in [0.717, 1.165) is 10.4 Å². The summed E-state index contributed by atoms with van der Waals surface area (Å²) in [5.41, 5.74) is 0.213. The maximum Gasteiger partial charge on any atom is 0.289 e. The minimum absolute atomic E-state index is 0.0773. The molecule has 0 N–H and O–H groups in total. The quantitative estimate of drug-likeness (QED) is 0.480. The fourth-order valence-electron chi connectivity index (χ4n) is 2.28. The van der Waals surface area contributed by atoms with E-state index < -0.39 is 25.5 Å². The number of aromatic nitrogens is 2. The van der Waals surface area contributed by atoms with E-state index in [1.165, 1.54) is 25.2 Å². The smallest absolute Gasteiger partial charge is 0.289 e. The Morgan fingerprint density at radius 1 is 1.08 bits per heavy atom. The zero-order valence-electron chi connectivity index (χ0n) is 13.6. The molecule has 134 valence electrons. The van der Waals surface area contributed by atoms with E-state index in [4.69, 9.17) is 4.42 Å². The van der Waals surface area contributed by atoms with Crippen LogP contribution in [0.2, 0.25) is 0 Å². The van der Waals surface area contributed by atoms with Crippen LogP contribution < -0.4 is 0 Å². The number of benzene rings is 2. The van der Waals surface area contributed by atoms with Gasteiger partial charge in [0.15, 0.2) is 4.90 Å². The van der Waals surface area contributed by atoms with Crippen molar-refractivity contribution < 1.29 is 17.8 Å². The van der Waals surface area contributed by atoms with Crippen LogP contribution in [-0.4, -0.2) is 34.9 Å². The monoisotopic (exact) mass is 374 g/mol. The summed E-state index contributed by atoms with van der Waals surface area (Å²) in [7, 11) is -2.81. The molecule has 0 aliphatic rings. The van der Waals surface area contributed by atoms with E-state index in [1.54, 1.807) is 12.1 Å². The van der Waals surface area contributed by atoms with Gasteiger partial charge in [0.25, 0.3) is 5.69 Å². The van der Waals surface area contributed by atoms with Gasteiger partial charge in [-0.25, -0.2) is 8.42 Å². The molecule has 0 atom stereocenters. The molecule has 0 aliphatic carbocycles. The number of para-hydroxylation sites is 1. The molecule has 0 unspecified atom stereocenters. The molecule has 0 saturated heterocycles. The number of hydrogen-bond acceptors (Lipinski definition) is 7. The van der Waals surface area contributed by atoms with E-state index >= 15 is 0 Å². The van der Waals surface area contributed by atoms with Crippen molar-refractivity contribution in [1.29, 1.82) is 0 Å². The molecular weight excluding hydrogens is 360 g/mol. The van der Waals surface area contributed by atoms with Gasteiger partial charge in [-0.05, 0) is 18.2 Å². The van der Waals surface area contributed by atoms with E-state index in [9.17, 15) is 18.5 Å². The third kappa shape index (κ3) is 3.46. The Hall–Kier alpha value is -3.11. The van der Waals surface area contributed by atoms with Crippen LogP contribution in [0, 0.1) is 10.1 Å². The first-order chi connectivity index (χ1) is 12.4. The summed E-state index contributed by atoms with van der Waals surface area (Å²) in [5.74, 6) is 0.339. The van der Waals surface area contributed by atoms with Crippen LogP contribution in [0.3, 0.4) is 0 Å². The second-order valence-electron chi connectivity index (χ2n) is 5.35. The molecule has 2 aromatic carbocycles. The van der Waals surface area contributed by atoms with E-state index in [2.05, 4.69) is 10.2 Å². The highest BCUT2D eigenvalue weighted by Crippen LogP contribution is 2.26. The van der Waals surface area contributed by atoms with Gasteiger partial charge in [-0.2, -0.15) is 4.31 Å². The van der Waals surface area contributed by atoms with E-state index in [1.807, 2.05) is 18.2 Å². The Kier molecular flexibility index (Phi) is 4.78. The Morgan fingerprint density at radius 3 is 2.42 bits per heavy atom. The average Bonchev–Trinajstić information content (AvgIpc) is 3.11. The van der Waals surface area contributed by atoms with Crippen LogP contribution in [0.5, 0.6) is 0 Å². The lowest BCUT2D eigenvalue weighted by molar-refractivity contribution is -0.387. The normalized spacial score (nSPS) is 11.6. The van der Waals surface area contributed by atoms with Crippen LogP contribution in [0.25, 0.3) is 11.5 Å². The van der Waals surface area contributed by atoms with Crippen LogP contribution in [0.1, 0.15) is 5.89 Å². The molecule has 26 heavy (non-hydrogen) atoms.